The van der Waals surface area contributed by atoms with Crippen LogP contribution in [-0.4, -0.2) is 41.8 Å². The van der Waals surface area contributed by atoms with Crippen LogP contribution in [0.15, 0.2) is 0 Å². The Balaban J connectivity index is 0.000000980. The van der Waals surface area contributed by atoms with E-state index in [-0.39, 0.29) is 42.5 Å². The molecule has 1 saturated carbocycles. The zero-order valence-corrected chi connectivity index (χ0v) is 8.59. The van der Waals surface area contributed by atoms with Gasteiger partial charge in [-0.2, -0.15) is 0 Å². The van der Waals surface area contributed by atoms with Crippen molar-refractivity contribution in [3.05, 3.63) is 0 Å². The van der Waals surface area contributed by atoms with E-state index in [0.29, 0.717) is 13.0 Å². The number of carbonyl (C=O) groups is 1. The third-order valence-corrected chi connectivity index (χ3v) is 2.59. The predicted octanol–water partition coefficient (Wildman–Crippen LogP) is -1.65. The second kappa shape index (κ2) is 4.44. The second-order valence-corrected chi connectivity index (χ2v) is 3.86. The highest BCUT2D eigenvalue weighted by atomic mass is 35.5. The molecule has 1 saturated heterocycles. The van der Waals surface area contributed by atoms with Crippen molar-refractivity contribution in [1.29, 1.82) is 0 Å². The molecule has 1 aliphatic heterocycles. The summed E-state index contributed by atoms with van der Waals surface area (Å²) in [6.07, 6.45) is 0.998. The van der Waals surface area contributed by atoms with Gasteiger partial charge in [0.15, 0.2) is 0 Å². The first-order valence-electron chi connectivity index (χ1n) is 4.64. The number of amides is 1. The molecule has 0 aromatic carbocycles. The minimum absolute atomic E-state index is 0. The van der Waals surface area contributed by atoms with Crippen molar-refractivity contribution in [2.75, 3.05) is 6.54 Å². The van der Waals surface area contributed by atoms with Gasteiger partial charge >= 0.3 is 0 Å². The lowest BCUT2D eigenvalue weighted by Crippen LogP contribution is -2.42. The number of β-amino-alcohol motifs (C(OH)–C–C–N with tert-alkyl or cyclic N) is 1. The molecule has 6 heteroatoms. The van der Waals surface area contributed by atoms with Crippen molar-refractivity contribution < 1.29 is 9.90 Å². The molecule has 1 heterocycles. The summed E-state index contributed by atoms with van der Waals surface area (Å²) in [5, 5.41) is 15.0. The fraction of sp³-hybridized carbons (Fsp3) is 0.875. The van der Waals surface area contributed by atoms with E-state index >= 15 is 0 Å². The Hall–Kier alpha value is -0.360. The molecule has 1 aliphatic carbocycles. The van der Waals surface area contributed by atoms with E-state index in [1.165, 1.54) is 0 Å². The van der Waals surface area contributed by atoms with E-state index in [4.69, 9.17) is 5.73 Å². The van der Waals surface area contributed by atoms with Crippen LogP contribution in [0.4, 0.5) is 0 Å². The van der Waals surface area contributed by atoms with Gasteiger partial charge in [-0.25, -0.2) is 0 Å². The molecule has 4 unspecified atom stereocenters. The highest BCUT2D eigenvalue weighted by Crippen LogP contribution is 2.18. The lowest BCUT2D eigenvalue weighted by Gasteiger charge is -2.09. The number of halogens is 1. The van der Waals surface area contributed by atoms with Crippen LogP contribution in [-0.2, 0) is 4.79 Å². The van der Waals surface area contributed by atoms with Gasteiger partial charge in [0, 0.05) is 18.6 Å². The Morgan fingerprint density at radius 3 is 2.57 bits per heavy atom. The summed E-state index contributed by atoms with van der Waals surface area (Å²) in [5.74, 6) is -0.0329. The number of rotatable bonds is 2. The first-order chi connectivity index (χ1) is 6.16. The highest BCUT2D eigenvalue weighted by molar-refractivity contribution is 5.85. The lowest BCUT2D eigenvalue weighted by molar-refractivity contribution is -0.123. The molecular weight excluding hydrogens is 206 g/mol. The minimum Gasteiger partial charge on any atom is -0.392 e. The van der Waals surface area contributed by atoms with E-state index in [2.05, 4.69) is 10.6 Å². The van der Waals surface area contributed by atoms with E-state index in [1.807, 2.05) is 0 Å². The van der Waals surface area contributed by atoms with Crippen LogP contribution in [0.3, 0.4) is 0 Å². The monoisotopic (exact) mass is 221 g/mol. The Kier molecular flexibility index (Phi) is 3.71. The topological polar surface area (TPSA) is 87.4 Å². The molecule has 2 rings (SSSR count). The van der Waals surface area contributed by atoms with Gasteiger partial charge < -0.3 is 21.5 Å². The van der Waals surface area contributed by atoms with E-state index in [1.54, 1.807) is 0 Å². The van der Waals surface area contributed by atoms with Gasteiger partial charge in [-0.3, -0.25) is 4.79 Å². The molecular formula is C8H16ClN3O2. The van der Waals surface area contributed by atoms with Crippen LogP contribution in [0.5, 0.6) is 0 Å². The molecule has 4 atom stereocenters. The maximum Gasteiger partial charge on any atom is 0.237 e. The van der Waals surface area contributed by atoms with Gasteiger partial charge in [0.2, 0.25) is 5.91 Å². The quantitative estimate of drug-likeness (QED) is 0.450. The molecule has 14 heavy (non-hydrogen) atoms. The Morgan fingerprint density at radius 1 is 1.50 bits per heavy atom. The lowest BCUT2D eigenvalue weighted by atomic mass is 10.2. The molecule has 2 fully saturated rings. The maximum atomic E-state index is 11.4. The summed E-state index contributed by atoms with van der Waals surface area (Å²) < 4.78 is 0. The van der Waals surface area contributed by atoms with Crippen LogP contribution >= 0.6 is 12.4 Å². The van der Waals surface area contributed by atoms with Crippen molar-refractivity contribution in [2.45, 2.75) is 37.1 Å². The molecule has 1 amide bonds. The molecule has 2 aliphatic rings. The number of nitrogens with two attached hydrogens (primary N) is 1. The Labute approximate surface area is 88.8 Å². The minimum atomic E-state index is -0.386. The third kappa shape index (κ3) is 2.57. The number of aliphatic hydroxyl groups is 1. The van der Waals surface area contributed by atoms with Crippen molar-refractivity contribution in [1.82, 2.24) is 10.6 Å². The van der Waals surface area contributed by atoms with Crippen LogP contribution < -0.4 is 16.4 Å². The van der Waals surface area contributed by atoms with Crippen molar-refractivity contribution in [3.63, 3.8) is 0 Å². The fourth-order valence-corrected chi connectivity index (χ4v) is 1.58. The zero-order chi connectivity index (χ0) is 9.42. The van der Waals surface area contributed by atoms with Crippen LogP contribution in [0.25, 0.3) is 0 Å². The normalized spacial score (nSPS) is 40.1. The molecule has 0 radical (unpaired) electrons. The Morgan fingerprint density at radius 2 is 2.14 bits per heavy atom. The average molecular weight is 222 g/mol. The summed E-state index contributed by atoms with van der Waals surface area (Å²) in [5.41, 5.74) is 5.56. The molecule has 5 nitrogen and oxygen atoms in total. The van der Waals surface area contributed by atoms with E-state index < -0.39 is 0 Å². The van der Waals surface area contributed by atoms with Crippen molar-refractivity contribution >= 4 is 18.3 Å². The first kappa shape index (κ1) is 11.7. The van der Waals surface area contributed by atoms with Crippen LogP contribution in [0, 0.1) is 0 Å². The zero-order valence-electron chi connectivity index (χ0n) is 7.77. The number of aliphatic hydroxyl groups excluding tert-OH is 1. The number of carbonyl (C=O) groups excluding carboxylic acids is 1. The molecule has 0 aromatic rings. The third-order valence-electron chi connectivity index (χ3n) is 2.59. The van der Waals surface area contributed by atoms with Gasteiger partial charge in [0.25, 0.3) is 0 Å². The average Bonchev–Trinajstić information content (AvgIpc) is 2.62. The molecule has 0 aromatic heterocycles. The van der Waals surface area contributed by atoms with Crippen molar-refractivity contribution in [2.24, 2.45) is 5.73 Å². The summed E-state index contributed by atoms with van der Waals surface area (Å²) in [4.78, 5) is 11.4. The van der Waals surface area contributed by atoms with Gasteiger partial charge in [0.05, 0.1) is 12.1 Å². The number of nitrogens with one attached hydrogen (secondary N) is 2. The molecule has 82 valence electrons. The van der Waals surface area contributed by atoms with Crippen LogP contribution in [0.2, 0.25) is 0 Å². The van der Waals surface area contributed by atoms with Crippen molar-refractivity contribution in [3.8, 4) is 0 Å². The molecule has 0 bridgehead atoms. The summed E-state index contributed by atoms with van der Waals surface area (Å²) in [6, 6.07) is 0.0603. The van der Waals surface area contributed by atoms with Gasteiger partial charge in [-0.1, -0.05) is 0 Å². The molecule has 5 N–H and O–H groups in total. The molecule has 0 spiro atoms. The predicted molar refractivity (Wildman–Crippen MR) is 54.2 cm³/mol. The van der Waals surface area contributed by atoms with Gasteiger partial charge in [0.1, 0.15) is 0 Å². The fourth-order valence-electron chi connectivity index (χ4n) is 1.58. The number of hydrogen-bond acceptors (Lipinski definition) is 4. The van der Waals surface area contributed by atoms with Gasteiger partial charge in [-0.15, -0.1) is 12.4 Å². The maximum absolute atomic E-state index is 11.4. The van der Waals surface area contributed by atoms with E-state index in [9.17, 15) is 9.90 Å². The SMILES string of the molecule is Cl.NC1CC1NC(=O)C1CC(O)CN1. The first-order valence-corrected chi connectivity index (χ1v) is 4.64. The Bertz CT molecular complexity index is 227. The number of hydrogen-bond donors (Lipinski definition) is 4. The van der Waals surface area contributed by atoms with Crippen LogP contribution in [0.1, 0.15) is 12.8 Å². The second-order valence-electron chi connectivity index (χ2n) is 3.86. The smallest absolute Gasteiger partial charge is 0.237 e. The van der Waals surface area contributed by atoms with E-state index in [0.717, 1.165) is 6.42 Å². The largest absolute Gasteiger partial charge is 0.392 e. The van der Waals surface area contributed by atoms with Gasteiger partial charge in [-0.05, 0) is 12.8 Å². The summed E-state index contributed by atoms with van der Waals surface area (Å²) >= 11 is 0. The summed E-state index contributed by atoms with van der Waals surface area (Å²) in [7, 11) is 0. The summed E-state index contributed by atoms with van der Waals surface area (Å²) in [6.45, 7) is 0.509. The highest BCUT2D eigenvalue weighted by Gasteiger charge is 2.37. The standard InChI is InChI=1S/C8H15N3O2.ClH/c9-5-2-6(5)11-8(13)7-1-4(12)3-10-7;/h4-7,10,12H,1-3,9H2,(H,11,13);1H.